The van der Waals surface area contributed by atoms with E-state index in [1.807, 2.05) is 18.7 Å². The van der Waals surface area contributed by atoms with Gasteiger partial charge in [0.2, 0.25) is 5.91 Å². The Labute approximate surface area is 79.5 Å². The number of rotatable bonds is 7. The molecule has 1 amide bonds. The Balaban J connectivity index is 3.03. The van der Waals surface area contributed by atoms with Crippen molar-refractivity contribution in [2.75, 3.05) is 18.6 Å². The maximum absolute atomic E-state index is 11.0. The zero-order valence-electron chi connectivity index (χ0n) is 8.06. The predicted molar refractivity (Wildman–Crippen MR) is 55.5 cm³/mol. The van der Waals surface area contributed by atoms with Crippen molar-refractivity contribution in [3.63, 3.8) is 0 Å². The smallest absolute Gasteiger partial charge is 0.219 e. The fourth-order valence-corrected chi connectivity index (χ4v) is 1.41. The molecule has 0 radical (unpaired) electrons. The topological polar surface area (TPSA) is 29.1 Å². The summed E-state index contributed by atoms with van der Waals surface area (Å²) in [5.74, 6) is 1.39. The first-order valence-electron chi connectivity index (χ1n) is 4.57. The first kappa shape index (κ1) is 11.8. The molecular weight excluding hydrogens is 170 g/mol. The number of amides is 1. The molecule has 0 unspecified atom stereocenters. The quantitative estimate of drug-likeness (QED) is 0.621. The third-order valence-electron chi connectivity index (χ3n) is 1.57. The molecule has 0 bridgehead atoms. The molecule has 0 aromatic rings. The van der Waals surface area contributed by atoms with Gasteiger partial charge >= 0.3 is 0 Å². The molecule has 0 aromatic heterocycles. The van der Waals surface area contributed by atoms with Crippen LogP contribution in [-0.4, -0.2) is 24.5 Å². The standard InChI is InChI=1S/C9H19NOS/c1-3-6-9(11)10-7-4-5-8-12-2/h3-8H2,1-2H3,(H,10,11). The SMILES string of the molecule is CCCC(=O)NCCCCSC. The van der Waals surface area contributed by atoms with Crippen LogP contribution in [0.3, 0.4) is 0 Å². The summed E-state index contributed by atoms with van der Waals surface area (Å²) in [6.45, 7) is 2.87. The molecule has 2 nitrogen and oxygen atoms in total. The van der Waals surface area contributed by atoms with E-state index in [0.29, 0.717) is 6.42 Å². The Kier molecular flexibility index (Phi) is 8.78. The molecule has 0 aliphatic heterocycles. The number of carbonyl (C=O) groups is 1. The van der Waals surface area contributed by atoms with Gasteiger partial charge in [0.15, 0.2) is 0 Å². The van der Waals surface area contributed by atoms with Gasteiger partial charge in [-0.25, -0.2) is 0 Å². The van der Waals surface area contributed by atoms with Gasteiger partial charge in [0, 0.05) is 13.0 Å². The van der Waals surface area contributed by atoms with Crippen LogP contribution >= 0.6 is 11.8 Å². The molecule has 0 saturated heterocycles. The summed E-state index contributed by atoms with van der Waals surface area (Å²) in [5.41, 5.74) is 0. The summed E-state index contributed by atoms with van der Waals surface area (Å²) in [7, 11) is 0. The van der Waals surface area contributed by atoms with Gasteiger partial charge in [-0.3, -0.25) is 4.79 Å². The van der Waals surface area contributed by atoms with Crippen molar-refractivity contribution < 1.29 is 4.79 Å². The van der Waals surface area contributed by atoms with E-state index in [1.165, 1.54) is 12.2 Å². The zero-order chi connectivity index (χ0) is 9.23. The number of carbonyl (C=O) groups excluding carboxylic acids is 1. The molecule has 72 valence electrons. The number of hydrogen-bond acceptors (Lipinski definition) is 2. The number of unbranched alkanes of at least 4 members (excludes halogenated alkanes) is 1. The van der Waals surface area contributed by atoms with E-state index in [9.17, 15) is 4.79 Å². The highest BCUT2D eigenvalue weighted by molar-refractivity contribution is 7.98. The normalized spacial score (nSPS) is 9.83. The molecule has 0 aliphatic rings. The van der Waals surface area contributed by atoms with Crippen molar-refractivity contribution in [2.45, 2.75) is 32.6 Å². The van der Waals surface area contributed by atoms with Gasteiger partial charge in [-0.1, -0.05) is 6.92 Å². The van der Waals surface area contributed by atoms with E-state index in [0.717, 1.165) is 19.4 Å². The van der Waals surface area contributed by atoms with Gasteiger partial charge < -0.3 is 5.32 Å². The minimum Gasteiger partial charge on any atom is -0.356 e. The maximum atomic E-state index is 11.0. The summed E-state index contributed by atoms with van der Waals surface area (Å²) in [4.78, 5) is 11.0. The highest BCUT2D eigenvalue weighted by Crippen LogP contribution is 1.97. The van der Waals surface area contributed by atoms with Crippen LogP contribution < -0.4 is 5.32 Å². The van der Waals surface area contributed by atoms with Crippen LogP contribution in [0, 0.1) is 0 Å². The highest BCUT2D eigenvalue weighted by atomic mass is 32.2. The van der Waals surface area contributed by atoms with Gasteiger partial charge in [0.05, 0.1) is 0 Å². The Hall–Kier alpha value is -0.180. The monoisotopic (exact) mass is 189 g/mol. The van der Waals surface area contributed by atoms with Gasteiger partial charge in [-0.05, 0) is 31.3 Å². The van der Waals surface area contributed by atoms with Crippen LogP contribution in [0.2, 0.25) is 0 Å². The van der Waals surface area contributed by atoms with E-state index in [-0.39, 0.29) is 5.91 Å². The molecule has 1 N–H and O–H groups in total. The van der Waals surface area contributed by atoms with Gasteiger partial charge in [0.25, 0.3) is 0 Å². The lowest BCUT2D eigenvalue weighted by molar-refractivity contribution is -0.121. The van der Waals surface area contributed by atoms with Crippen LogP contribution in [0.4, 0.5) is 0 Å². The second kappa shape index (κ2) is 8.91. The van der Waals surface area contributed by atoms with Crippen molar-refractivity contribution in [3.05, 3.63) is 0 Å². The number of hydrogen-bond donors (Lipinski definition) is 1. The summed E-state index contributed by atoms with van der Waals surface area (Å²) in [6.07, 6.45) is 6.03. The first-order chi connectivity index (χ1) is 5.81. The van der Waals surface area contributed by atoms with Gasteiger partial charge in [-0.2, -0.15) is 11.8 Å². The Morgan fingerprint density at radius 2 is 2.17 bits per heavy atom. The molecule has 0 fully saturated rings. The summed E-state index contributed by atoms with van der Waals surface area (Å²) < 4.78 is 0. The summed E-state index contributed by atoms with van der Waals surface area (Å²) in [6, 6.07) is 0. The minimum atomic E-state index is 0.196. The van der Waals surface area contributed by atoms with Crippen molar-refractivity contribution in [1.82, 2.24) is 5.32 Å². The lowest BCUT2D eigenvalue weighted by Gasteiger charge is -2.02. The van der Waals surface area contributed by atoms with Crippen LogP contribution in [0.15, 0.2) is 0 Å². The Bertz CT molecular complexity index is 117. The van der Waals surface area contributed by atoms with E-state index in [2.05, 4.69) is 11.6 Å². The zero-order valence-corrected chi connectivity index (χ0v) is 8.88. The molecule has 3 heteroatoms. The number of thioether (sulfide) groups is 1. The molecule has 0 heterocycles. The molecule has 0 spiro atoms. The molecule has 12 heavy (non-hydrogen) atoms. The summed E-state index contributed by atoms with van der Waals surface area (Å²) >= 11 is 1.86. The highest BCUT2D eigenvalue weighted by Gasteiger charge is 1.96. The maximum Gasteiger partial charge on any atom is 0.219 e. The average Bonchev–Trinajstić information content (AvgIpc) is 2.05. The number of nitrogens with one attached hydrogen (secondary N) is 1. The second-order valence-electron chi connectivity index (χ2n) is 2.80. The van der Waals surface area contributed by atoms with Crippen LogP contribution in [0.25, 0.3) is 0 Å². The van der Waals surface area contributed by atoms with Gasteiger partial charge in [-0.15, -0.1) is 0 Å². The Morgan fingerprint density at radius 1 is 1.42 bits per heavy atom. The van der Waals surface area contributed by atoms with Crippen molar-refractivity contribution in [1.29, 1.82) is 0 Å². The first-order valence-corrected chi connectivity index (χ1v) is 5.96. The van der Waals surface area contributed by atoms with E-state index >= 15 is 0 Å². The molecule has 0 atom stereocenters. The predicted octanol–water partition coefficient (Wildman–Crippen LogP) is 2.05. The fraction of sp³-hybridized carbons (Fsp3) is 0.889. The van der Waals surface area contributed by atoms with E-state index in [1.54, 1.807) is 0 Å². The molecule has 0 rings (SSSR count). The minimum absolute atomic E-state index is 0.196. The fourth-order valence-electron chi connectivity index (χ4n) is 0.915. The van der Waals surface area contributed by atoms with Crippen LogP contribution in [0.1, 0.15) is 32.6 Å². The Morgan fingerprint density at radius 3 is 2.75 bits per heavy atom. The lowest BCUT2D eigenvalue weighted by atomic mass is 10.3. The van der Waals surface area contributed by atoms with Crippen LogP contribution in [-0.2, 0) is 4.79 Å². The molecule has 0 aliphatic carbocycles. The van der Waals surface area contributed by atoms with E-state index < -0.39 is 0 Å². The molecule has 0 saturated carbocycles. The van der Waals surface area contributed by atoms with Crippen LogP contribution in [0.5, 0.6) is 0 Å². The third-order valence-corrected chi connectivity index (χ3v) is 2.27. The summed E-state index contributed by atoms with van der Waals surface area (Å²) in [5, 5.41) is 2.89. The molecular formula is C9H19NOS. The average molecular weight is 189 g/mol. The van der Waals surface area contributed by atoms with Crippen molar-refractivity contribution in [2.24, 2.45) is 0 Å². The van der Waals surface area contributed by atoms with E-state index in [4.69, 9.17) is 0 Å². The largest absolute Gasteiger partial charge is 0.356 e. The molecule has 0 aromatic carbocycles. The third kappa shape index (κ3) is 7.92. The van der Waals surface area contributed by atoms with Gasteiger partial charge in [0.1, 0.15) is 0 Å². The second-order valence-corrected chi connectivity index (χ2v) is 3.79. The lowest BCUT2D eigenvalue weighted by Crippen LogP contribution is -2.23. The van der Waals surface area contributed by atoms with Crippen molar-refractivity contribution >= 4 is 17.7 Å². The van der Waals surface area contributed by atoms with Crippen molar-refractivity contribution in [3.8, 4) is 0 Å².